The van der Waals surface area contributed by atoms with Crippen LogP contribution in [-0.4, -0.2) is 9.97 Å². The molecule has 0 spiro atoms. The molecule has 0 amide bonds. The third-order valence-corrected chi connectivity index (χ3v) is 2.97. The highest BCUT2D eigenvalue weighted by molar-refractivity contribution is 5.58. The van der Waals surface area contributed by atoms with Crippen LogP contribution in [-0.2, 0) is 6.42 Å². The number of rotatable bonds is 2. The number of hydrogen-bond acceptors (Lipinski definition) is 2. The molecule has 1 aromatic carbocycles. The minimum absolute atomic E-state index is 0.127. The van der Waals surface area contributed by atoms with Crippen molar-refractivity contribution in [1.29, 1.82) is 0 Å². The predicted molar refractivity (Wildman–Crippen MR) is 69.1 cm³/mol. The summed E-state index contributed by atoms with van der Waals surface area (Å²) in [6.07, 6.45) is 0.997. The molecule has 1 aromatic heterocycles. The third kappa shape index (κ3) is 2.28. The fraction of sp³-hybridized carbons (Fsp3) is 0.286. The number of aromatic amines is 1. The van der Waals surface area contributed by atoms with Gasteiger partial charge in [-0.25, -0.2) is 4.98 Å². The Morgan fingerprint density at radius 2 is 1.82 bits per heavy atom. The maximum absolute atomic E-state index is 11.8. The average molecular weight is 228 g/mol. The molecule has 1 heterocycles. The van der Waals surface area contributed by atoms with Crippen LogP contribution in [0.1, 0.15) is 23.9 Å². The minimum Gasteiger partial charge on any atom is -0.323 e. The van der Waals surface area contributed by atoms with E-state index in [4.69, 9.17) is 0 Å². The predicted octanol–water partition coefficient (Wildman–Crippen LogP) is 2.62. The van der Waals surface area contributed by atoms with Crippen LogP contribution >= 0.6 is 0 Å². The first-order valence-corrected chi connectivity index (χ1v) is 5.78. The molecule has 3 heteroatoms. The molecule has 3 nitrogen and oxygen atoms in total. The van der Waals surface area contributed by atoms with Crippen molar-refractivity contribution in [3.63, 3.8) is 0 Å². The Hall–Kier alpha value is -1.90. The zero-order chi connectivity index (χ0) is 12.4. The molecule has 88 valence electrons. The summed E-state index contributed by atoms with van der Waals surface area (Å²) in [4.78, 5) is 19.0. The number of nitrogens with zero attached hydrogens (tertiary/aromatic N) is 1. The Morgan fingerprint density at radius 1 is 1.18 bits per heavy atom. The lowest BCUT2D eigenvalue weighted by molar-refractivity contribution is 1.02. The van der Waals surface area contributed by atoms with E-state index < -0.39 is 0 Å². The average Bonchev–Trinajstić information content (AvgIpc) is 2.34. The largest absolute Gasteiger partial charge is 0.323 e. The highest BCUT2D eigenvalue weighted by Gasteiger charge is 2.07. The van der Waals surface area contributed by atoms with Gasteiger partial charge in [-0.05, 0) is 25.8 Å². The maximum Gasteiger partial charge on any atom is 0.274 e. The van der Waals surface area contributed by atoms with Gasteiger partial charge < -0.3 is 4.98 Å². The van der Waals surface area contributed by atoms with E-state index in [1.807, 2.05) is 38.1 Å². The van der Waals surface area contributed by atoms with Crippen molar-refractivity contribution in [3.8, 4) is 11.3 Å². The van der Waals surface area contributed by atoms with Gasteiger partial charge in [-0.2, -0.15) is 0 Å². The van der Waals surface area contributed by atoms with Gasteiger partial charge in [0.15, 0.2) is 0 Å². The minimum atomic E-state index is -0.127. The monoisotopic (exact) mass is 228 g/mol. The molecule has 1 N–H and O–H groups in total. The lowest BCUT2D eigenvalue weighted by Gasteiger charge is -2.04. The Morgan fingerprint density at radius 3 is 2.41 bits per heavy atom. The van der Waals surface area contributed by atoms with Crippen LogP contribution in [0.4, 0.5) is 0 Å². The lowest BCUT2D eigenvalue weighted by Crippen LogP contribution is -2.14. The summed E-state index contributed by atoms with van der Waals surface area (Å²) in [5.41, 5.74) is 4.18. The van der Waals surface area contributed by atoms with E-state index in [0.717, 1.165) is 23.4 Å². The summed E-state index contributed by atoms with van der Waals surface area (Å²) >= 11 is 0. The summed E-state index contributed by atoms with van der Waals surface area (Å²) in [6, 6.07) is 7.97. The van der Waals surface area contributed by atoms with Crippen LogP contribution in [0.5, 0.6) is 0 Å². The van der Waals surface area contributed by atoms with Crippen LogP contribution in [0.15, 0.2) is 29.1 Å². The number of H-pyrrole nitrogens is 1. The Balaban J connectivity index is 2.52. The molecule has 0 radical (unpaired) electrons. The normalized spacial score (nSPS) is 10.5. The molecule has 2 rings (SSSR count). The second-order valence-electron chi connectivity index (χ2n) is 4.18. The highest BCUT2D eigenvalue weighted by atomic mass is 16.1. The first-order chi connectivity index (χ1) is 8.11. The molecule has 2 aromatic rings. The van der Waals surface area contributed by atoms with Crippen LogP contribution in [0, 0.1) is 13.8 Å². The molecule has 17 heavy (non-hydrogen) atoms. The Labute approximate surface area is 101 Å². The molecule has 0 bridgehead atoms. The smallest absolute Gasteiger partial charge is 0.274 e. The first kappa shape index (κ1) is 11.6. The van der Waals surface area contributed by atoms with E-state index in [-0.39, 0.29) is 5.56 Å². The van der Waals surface area contributed by atoms with Gasteiger partial charge in [0.1, 0.15) is 5.69 Å². The Kier molecular flexibility index (Phi) is 3.09. The van der Waals surface area contributed by atoms with Gasteiger partial charge in [0.2, 0.25) is 0 Å². The molecule has 0 unspecified atom stereocenters. The second-order valence-corrected chi connectivity index (χ2v) is 4.18. The second kappa shape index (κ2) is 4.53. The van der Waals surface area contributed by atoms with Crippen LogP contribution < -0.4 is 5.56 Å². The van der Waals surface area contributed by atoms with Crippen molar-refractivity contribution in [1.82, 2.24) is 9.97 Å². The standard InChI is InChI=1S/C14H16N2O/c1-4-11-5-7-12(8-6-11)13-14(17)16-10(3)9(2)15-13/h5-8H,4H2,1-3H3,(H,16,17). The number of hydrogen-bond donors (Lipinski definition) is 1. The number of aryl methyl sites for hydroxylation is 3. The lowest BCUT2D eigenvalue weighted by atomic mass is 10.1. The molecular weight excluding hydrogens is 212 g/mol. The number of aromatic nitrogens is 2. The van der Waals surface area contributed by atoms with Gasteiger partial charge in [0, 0.05) is 11.3 Å². The van der Waals surface area contributed by atoms with Crippen LogP contribution in [0.3, 0.4) is 0 Å². The van der Waals surface area contributed by atoms with Crippen molar-refractivity contribution in [2.75, 3.05) is 0 Å². The van der Waals surface area contributed by atoms with Crippen molar-refractivity contribution in [2.45, 2.75) is 27.2 Å². The molecule has 0 atom stereocenters. The SMILES string of the molecule is CCc1ccc(-c2nc(C)c(C)[nH]c2=O)cc1. The summed E-state index contributed by atoms with van der Waals surface area (Å²) in [5.74, 6) is 0. The van der Waals surface area contributed by atoms with E-state index in [9.17, 15) is 4.79 Å². The van der Waals surface area contributed by atoms with Gasteiger partial charge in [-0.3, -0.25) is 4.79 Å². The summed E-state index contributed by atoms with van der Waals surface area (Å²) < 4.78 is 0. The first-order valence-electron chi connectivity index (χ1n) is 5.78. The molecule has 0 aliphatic heterocycles. The van der Waals surface area contributed by atoms with Gasteiger partial charge in [-0.15, -0.1) is 0 Å². The van der Waals surface area contributed by atoms with Gasteiger partial charge in [0.05, 0.1) is 5.69 Å². The number of benzene rings is 1. The van der Waals surface area contributed by atoms with E-state index in [1.54, 1.807) is 0 Å². The van der Waals surface area contributed by atoms with E-state index in [0.29, 0.717) is 5.69 Å². The van der Waals surface area contributed by atoms with Crippen LogP contribution in [0.25, 0.3) is 11.3 Å². The molecule has 0 aliphatic rings. The molecule has 0 fully saturated rings. The van der Waals surface area contributed by atoms with E-state index >= 15 is 0 Å². The molecule has 0 aliphatic carbocycles. The van der Waals surface area contributed by atoms with Crippen LogP contribution in [0.2, 0.25) is 0 Å². The van der Waals surface area contributed by atoms with Crippen molar-refractivity contribution in [3.05, 3.63) is 51.6 Å². The molecule has 0 saturated heterocycles. The topological polar surface area (TPSA) is 45.8 Å². The Bertz CT molecular complexity index is 582. The zero-order valence-electron chi connectivity index (χ0n) is 10.4. The number of nitrogens with one attached hydrogen (secondary N) is 1. The fourth-order valence-electron chi connectivity index (χ4n) is 1.72. The van der Waals surface area contributed by atoms with Gasteiger partial charge >= 0.3 is 0 Å². The van der Waals surface area contributed by atoms with E-state index in [1.165, 1.54) is 5.56 Å². The summed E-state index contributed by atoms with van der Waals surface area (Å²) in [7, 11) is 0. The quantitative estimate of drug-likeness (QED) is 0.858. The van der Waals surface area contributed by atoms with Crippen molar-refractivity contribution in [2.24, 2.45) is 0 Å². The van der Waals surface area contributed by atoms with E-state index in [2.05, 4.69) is 16.9 Å². The van der Waals surface area contributed by atoms with Gasteiger partial charge in [0.25, 0.3) is 5.56 Å². The van der Waals surface area contributed by atoms with Crippen molar-refractivity contribution >= 4 is 0 Å². The molecule has 0 saturated carbocycles. The zero-order valence-corrected chi connectivity index (χ0v) is 10.4. The van der Waals surface area contributed by atoms with Gasteiger partial charge in [-0.1, -0.05) is 31.2 Å². The molecular formula is C14H16N2O. The summed E-state index contributed by atoms with van der Waals surface area (Å²) in [6.45, 7) is 5.86. The maximum atomic E-state index is 11.8. The fourth-order valence-corrected chi connectivity index (χ4v) is 1.72. The van der Waals surface area contributed by atoms with Crippen molar-refractivity contribution < 1.29 is 0 Å². The third-order valence-electron chi connectivity index (χ3n) is 2.97. The summed E-state index contributed by atoms with van der Waals surface area (Å²) in [5, 5.41) is 0. The highest BCUT2D eigenvalue weighted by Crippen LogP contribution is 2.15.